The van der Waals surface area contributed by atoms with Crippen molar-refractivity contribution in [2.45, 2.75) is 18.9 Å². The highest BCUT2D eigenvalue weighted by molar-refractivity contribution is 5.85. The van der Waals surface area contributed by atoms with Crippen LogP contribution in [0.15, 0.2) is 12.2 Å². The van der Waals surface area contributed by atoms with Gasteiger partial charge in [0.05, 0.1) is 0 Å². The van der Waals surface area contributed by atoms with Gasteiger partial charge in [0.25, 0.3) is 0 Å². The third-order valence-electron chi connectivity index (χ3n) is 1.85. The van der Waals surface area contributed by atoms with E-state index in [0.717, 1.165) is 12.8 Å². The predicted octanol–water partition coefficient (Wildman–Crippen LogP) is 0.694. The number of hydrogen-bond acceptors (Lipinski definition) is 2. The molecule has 0 heterocycles. The zero-order valence-corrected chi connectivity index (χ0v) is 6.68. The first-order valence-electron chi connectivity index (χ1n) is 3.36. The summed E-state index contributed by atoms with van der Waals surface area (Å²) in [5.74, 6) is 0.301. The molecule has 0 fully saturated rings. The molecule has 60 valence electrons. The molecule has 0 amide bonds. The second-order valence-corrected chi connectivity index (χ2v) is 2.55. The van der Waals surface area contributed by atoms with E-state index in [1.165, 1.54) is 0 Å². The van der Waals surface area contributed by atoms with E-state index >= 15 is 0 Å². The maximum atomic E-state index is 8.75. The van der Waals surface area contributed by atoms with Gasteiger partial charge in [-0.25, -0.2) is 0 Å². The summed E-state index contributed by atoms with van der Waals surface area (Å²) >= 11 is 0. The summed E-state index contributed by atoms with van der Waals surface area (Å²) in [7, 11) is 0. The maximum absolute atomic E-state index is 8.75. The van der Waals surface area contributed by atoms with Crippen molar-refractivity contribution in [2.24, 2.45) is 11.7 Å². The molecule has 0 aliphatic heterocycles. The van der Waals surface area contributed by atoms with Crippen LogP contribution in [0.4, 0.5) is 0 Å². The largest absolute Gasteiger partial charge is 0.396 e. The summed E-state index contributed by atoms with van der Waals surface area (Å²) in [6, 6.07) is 0.181. The fourth-order valence-corrected chi connectivity index (χ4v) is 1.10. The van der Waals surface area contributed by atoms with Crippen LogP contribution in [0.1, 0.15) is 12.8 Å². The number of aliphatic hydroxyl groups is 1. The Balaban J connectivity index is 0.000000810. The topological polar surface area (TPSA) is 46.2 Å². The molecule has 10 heavy (non-hydrogen) atoms. The van der Waals surface area contributed by atoms with Crippen molar-refractivity contribution >= 4 is 12.4 Å². The highest BCUT2D eigenvalue weighted by Gasteiger charge is 2.16. The third-order valence-corrected chi connectivity index (χ3v) is 1.85. The molecule has 0 spiro atoms. The van der Waals surface area contributed by atoms with Crippen LogP contribution in [0, 0.1) is 5.92 Å². The summed E-state index contributed by atoms with van der Waals surface area (Å²) in [5, 5.41) is 8.75. The minimum atomic E-state index is 0. The molecule has 1 aliphatic carbocycles. The second-order valence-electron chi connectivity index (χ2n) is 2.55. The Bertz CT molecular complexity index is 116. The quantitative estimate of drug-likeness (QED) is 0.559. The number of halogens is 1. The molecule has 3 N–H and O–H groups in total. The number of aliphatic hydroxyl groups excluding tert-OH is 1. The van der Waals surface area contributed by atoms with Crippen molar-refractivity contribution in [3.05, 3.63) is 12.2 Å². The average Bonchev–Trinajstić information content (AvgIpc) is 1.89. The van der Waals surface area contributed by atoms with E-state index in [1.54, 1.807) is 0 Å². The van der Waals surface area contributed by atoms with Crippen LogP contribution in [0.2, 0.25) is 0 Å². The Morgan fingerprint density at radius 3 is 2.40 bits per heavy atom. The van der Waals surface area contributed by atoms with Gasteiger partial charge >= 0.3 is 0 Å². The van der Waals surface area contributed by atoms with Crippen molar-refractivity contribution < 1.29 is 5.11 Å². The maximum Gasteiger partial charge on any atom is 0.0477 e. The molecule has 0 radical (unpaired) electrons. The van der Waals surface area contributed by atoms with E-state index in [2.05, 4.69) is 12.2 Å². The molecule has 0 saturated carbocycles. The SMILES string of the molecule is Cl.N[C@@H]1CC=CC[C@H]1CO. The fraction of sp³-hybridized carbons (Fsp3) is 0.714. The standard InChI is InChI=1S/C7H13NO.ClH/c8-7-4-2-1-3-6(7)5-9;/h1-2,6-7,9H,3-5,8H2;1H/t6-,7+;/m0./s1. The van der Waals surface area contributed by atoms with Gasteiger partial charge in [-0.15, -0.1) is 12.4 Å². The predicted molar refractivity (Wildman–Crippen MR) is 44.2 cm³/mol. The van der Waals surface area contributed by atoms with Gasteiger partial charge in [0.1, 0.15) is 0 Å². The van der Waals surface area contributed by atoms with Crippen LogP contribution in [-0.2, 0) is 0 Å². The Morgan fingerprint density at radius 1 is 1.40 bits per heavy atom. The Morgan fingerprint density at radius 2 is 2.00 bits per heavy atom. The first-order chi connectivity index (χ1) is 4.34. The van der Waals surface area contributed by atoms with Gasteiger partial charge in [-0.05, 0) is 12.8 Å². The average molecular weight is 164 g/mol. The molecule has 0 unspecified atom stereocenters. The normalized spacial score (nSPS) is 31.4. The molecule has 2 nitrogen and oxygen atoms in total. The van der Waals surface area contributed by atoms with E-state index in [0.29, 0.717) is 5.92 Å². The Kier molecular flexibility index (Phi) is 4.69. The Hall–Kier alpha value is -0.0500. The van der Waals surface area contributed by atoms with E-state index in [-0.39, 0.29) is 25.1 Å². The lowest BCUT2D eigenvalue weighted by molar-refractivity contribution is 0.202. The number of nitrogens with two attached hydrogens (primary N) is 1. The van der Waals surface area contributed by atoms with Gasteiger partial charge in [-0.1, -0.05) is 12.2 Å². The van der Waals surface area contributed by atoms with E-state index < -0.39 is 0 Å². The molecular formula is C7H14ClNO. The number of rotatable bonds is 1. The number of hydrogen-bond donors (Lipinski definition) is 2. The van der Waals surface area contributed by atoms with Gasteiger partial charge < -0.3 is 10.8 Å². The van der Waals surface area contributed by atoms with E-state index in [1.807, 2.05) is 0 Å². The lowest BCUT2D eigenvalue weighted by Crippen LogP contribution is -2.33. The lowest BCUT2D eigenvalue weighted by atomic mass is 9.91. The molecule has 1 rings (SSSR count). The lowest BCUT2D eigenvalue weighted by Gasteiger charge is -2.22. The molecular weight excluding hydrogens is 150 g/mol. The highest BCUT2D eigenvalue weighted by Crippen LogP contribution is 2.15. The first kappa shape index (κ1) is 9.95. The monoisotopic (exact) mass is 163 g/mol. The summed E-state index contributed by atoms with van der Waals surface area (Å²) in [6.07, 6.45) is 6.03. The summed E-state index contributed by atoms with van der Waals surface area (Å²) in [6.45, 7) is 0.228. The molecule has 0 bridgehead atoms. The zero-order chi connectivity index (χ0) is 6.69. The van der Waals surface area contributed by atoms with Gasteiger partial charge in [-0.3, -0.25) is 0 Å². The van der Waals surface area contributed by atoms with Gasteiger partial charge in [-0.2, -0.15) is 0 Å². The molecule has 0 aromatic rings. The Labute approximate surface area is 67.5 Å². The fourth-order valence-electron chi connectivity index (χ4n) is 1.10. The van der Waals surface area contributed by atoms with E-state index in [4.69, 9.17) is 10.8 Å². The molecule has 3 heteroatoms. The van der Waals surface area contributed by atoms with Gasteiger partial charge in [0.2, 0.25) is 0 Å². The van der Waals surface area contributed by atoms with Crippen LogP contribution < -0.4 is 5.73 Å². The van der Waals surface area contributed by atoms with Crippen molar-refractivity contribution in [3.8, 4) is 0 Å². The zero-order valence-electron chi connectivity index (χ0n) is 5.86. The van der Waals surface area contributed by atoms with Gasteiger partial charge in [0, 0.05) is 18.6 Å². The van der Waals surface area contributed by atoms with Crippen LogP contribution in [-0.4, -0.2) is 17.8 Å². The molecule has 0 aromatic carbocycles. The van der Waals surface area contributed by atoms with Crippen LogP contribution >= 0.6 is 12.4 Å². The third kappa shape index (κ3) is 2.29. The molecule has 0 aromatic heterocycles. The van der Waals surface area contributed by atoms with Crippen molar-refractivity contribution in [1.82, 2.24) is 0 Å². The molecule has 0 saturated heterocycles. The summed E-state index contributed by atoms with van der Waals surface area (Å²) in [4.78, 5) is 0. The van der Waals surface area contributed by atoms with Crippen LogP contribution in [0.5, 0.6) is 0 Å². The second kappa shape index (κ2) is 4.72. The van der Waals surface area contributed by atoms with Gasteiger partial charge in [0.15, 0.2) is 0 Å². The summed E-state index contributed by atoms with van der Waals surface area (Å²) in [5.41, 5.74) is 5.68. The molecule has 1 aliphatic rings. The summed E-state index contributed by atoms with van der Waals surface area (Å²) < 4.78 is 0. The minimum absolute atomic E-state index is 0. The van der Waals surface area contributed by atoms with Crippen molar-refractivity contribution in [3.63, 3.8) is 0 Å². The minimum Gasteiger partial charge on any atom is -0.396 e. The van der Waals surface area contributed by atoms with Crippen LogP contribution in [0.25, 0.3) is 0 Å². The smallest absolute Gasteiger partial charge is 0.0477 e. The van der Waals surface area contributed by atoms with E-state index in [9.17, 15) is 0 Å². The van der Waals surface area contributed by atoms with Crippen molar-refractivity contribution in [1.29, 1.82) is 0 Å². The van der Waals surface area contributed by atoms with Crippen LogP contribution in [0.3, 0.4) is 0 Å². The first-order valence-corrected chi connectivity index (χ1v) is 3.36. The molecule has 2 atom stereocenters. The van der Waals surface area contributed by atoms with Crippen molar-refractivity contribution in [2.75, 3.05) is 6.61 Å². The highest BCUT2D eigenvalue weighted by atomic mass is 35.5. The number of allylic oxidation sites excluding steroid dienone is 1.